The molecule has 0 spiro atoms. The van der Waals surface area contributed by atoms with E-state index in [0.29, 0.717) is 12.0 Å². The number of amides is 2. The Morgan fingerprint density at radius 2 is 1.75 bits per heavy atom. The SMILES string of the molecule is O=C(Nc1cc2c(cc1F)CN(C(=O)O)CC2)c1cn(Cc2cc(F)c(F)c(F)c2)cn1. The lowest BCUT2D eigenvalue weighted by Gasteiger charge is -2.27. The molecule has 11 heteroatoms. The number of imidazole rings is 1. The van der Waals surface area contributed by atoms with Crippen LogP contribution in [-0.4, -0.2) is 38.1 Å². The second-order valence-corrected chi connectivity index (χ2v) is 7.31. The van der Waals surface area contributed by atoms with Crippen LogP contribution in [0, 0.1) is 23.3 Å². The van der Waals surface area contributed by atoms with Gasteiger partial charge in [-0.3, -0.25) is 4.79 Å². The van der Waals surface area contributed by atoms with Crippen molar-refractivity contribution in [2.45, 2.75) is 19.5 Å². The van der Waals surface area contributed by atoms with Crippen molar-refractivity contribution in [1.29, 1.82) is 0 Å². The fourth-order valence-electron chi connectivity index (χ4n) is 3.50. The molecule has 0 saturated carbocycles. The summed E-state index contributed by atoms with van der Waals surface area (Å²) in [4.78, 5) is 28.7. The normalized spacial score (nSPS) is 13.1. The molecule has 2 amide bonds. The van der Waals surface area contributed by atoms with Gasteiger partial charge in [0.2, 0.25) is 0 Å². The zero-order chi connectivity index (χ0) is 23.0. The predicted molar refractivity (Wildman–Crippen MR) is 104 cm³/mol. The first-order valence-electron chi connectivity index (χ1n) is 9.47. The molecule has 166 valence electrons. The molecular formula is C21H16F4N4O3. The van der Waals surface area contributed by atoms with Crippen molar-refractivity contribution >= 4 is 17.7 Å². The minimum Gasteiger partial charge on any atom is -0.465 e. The first-order chi connectivity index (χ1) is 15.2. The van der Waals surface area contributed by atoms with Gasteiger partial charge >= 0.3 is 6.09 Å². The summed E-state index contributed by atoms with van der Waals surface area (Å²) in [5.41, 5.74) is 1.24. The van der Waals surface area contributed by atoms with E-state index >= 15 is 0 Å². The zero-order valence-electron chi connectivity index (χ0n) is 16.4. The number of anilines is 1. The van der Waals surface area contributed by atoms with Crippen LogP contribution in [0.5, 0.6) is 0 Å². The number of fused-ring (bicyclic) bond motifs is 1. The summed E-state index contributed by atoms with van der Waals surface area (Å²) >= 11 is 0. The fraction of sp³-hybridized carbons (Fsp3) is 0.190. The average Bonchev–Trinajstić information content (AvgIpc) is 3.20. The summed E-state index contributed by atoms with van der Waals surface area (Å²) in [6, 6.07) is 4.33. The predicted octanol–water partition coefficient (Wildman–Crippen LogP) is 3.78. The number of nitrogens with zero attached hydrogens (tertiary/aromatic N) is 3. The number of carbonyl (C=O) groups is 2. The van der Waals surface area contributed by atoms with Gasteiger partial charge in [0.15, 0.2) is 17.5 Å². The van der Waals surface area contributed by atoms with Gasteiger partial charge < -0.3 is 19.9 Å². The number of hydrogen-bond acceptors (Lipinski definition) is 3. The third-order valence-electron chi connectivity index (χ3n) is 5.09. The number of nitrogens with one attached hydrogen (secondary N) is 1. The average molecular weight is 448 g/mol. The first kappa shape index (κ1) is 21.3. The maximum absolute atomic E-state index is 14.5. The van der Waals surface area contributed by atoms with Crippen molar-refractivity contribution in [2.75, 3.05) is 11.9 Å². The molecule has 0 radical (unpaired) electrons. The molecule has 0 aliphatic carbocycles. The van der Waals surface area contributed by atoms with Crippen LogP contribution >= 0.6 is 0 Å². The number of halogens is 4. The number of aromatic nitrogens is 2. The Bertz CT molecular complexity index is 1200. The van der Waals surface area contributed by atoms with Crippen molar-refractivity contribution in [2.24, 2.45) is 0 Å². The van der Waals surface area contributed by atoms with Crippen LogP contribution in [0.15, 0.2) is 36.8 Å². The molecule has 1 aliphatic rings. The van der Waals surface area contributed by atoms with E-state index in [0.717, 1.165) is 17.7 Å². The molecule has 2 aromatic carbocycles. The highest BCUT2D eigenvalue weighted by Gasteiger charge is 2.23. The second-order valence-electron chi connectivity index (χ2n) is 7.31. The largest absolute Gasteiger partial charge is 0.465 e. The van der Waals surface area contributed by atoms with Crippen LogP contribution in [0.3, 0.4) is 0 Å². The Labute approximate surface area is 178 Å². The highest BCUT2D eigenvalue weighted by atomic mass is 19.2. The van der Waals surface area contributed by atoms with Crippen molar-refractivity contribution in [3.63, 3.8) is 0 Å². The molecule has 0 unspecified atom stereocenters. The third kappa shape index (κ3) is 4.27. The summed E-state index contributed by atoms with van der Waals surface area (Å²) < 4.78 is 55.7. The van der Waals surface area contributed by atoms with E-state index in [1.54, 1.807) is 0 Å². The van der Waals surface area contributed by atoms with Gasteiger partial charge in [-0.1, -0.05) is 0 Å². The maximum Gasteiger partial charge on any atom is 0.407 e. The first-order valence-corrected chi connectivity index (χ1v) is 9.47. The molecule has 1 aliphatic heterocycles. The lowest BCUT2D eigenvalue weighted by atomic mass is 9.99. The van der Waals surface area contributed by atoms with Crippen molar-refractivity contribution in [1.82, 2.24) is 14.5 Å². The fourth-order valence-corrected chi connectivity index (χ4v) is 3.50. The van der Waals surface area contributed by atoms with Gasteiger partial charge in [-0.25, -0.2) is 27.3 Å². The molecule has 2 heterocycles. The van der Waals surface area contributed by atoms with Crippen LogP contribution in [0.4, 0.5) is 28.0 Å². The Hall–Kier alpha value is -3.89. The Morgan fingerprint density at radius 1 is 1.03 bits per heavy atom. The lowest BCUT2D eigenvalue weighted by Crippen LogP contribution is -2.34. The van der Waals surface area contributed by atoms with Crippen molar-refractivity contribution in [3.05, 3.63) is 82.4 Å². The van der Waals surface area contributed by atoms with E-state index in [1.807, 2.05) is 0 Å². The molecule has 7 nitrogen and oxygen atoms in total. The quantitative estimate of drug-likeness (QED) is 0.470. The van der Waals surface area contributed by atoms with Gasteiger partial charge in [0.05, 0.1) is 12.0 Å². The van der Waals surface area contributed by atoms with Crippen LogP contribution < -0.4 is 5.32 Å². The molecule has 0 saturated heterocycles. The number of rotatable bonds is 4. The van der Waals surface area contributed by atoms with E-state index in [9.17, 15) is 27.2 Å². The number of hydrogen-bond donors (Lipinski definition) is 2. The highest BCUT2D eigenvalue weighted by Crippen LogP contribution is 2.26. The molecule has 1 aromatic heterocycles. The van der Waals surface area contributed by atoms with Crippen molar-refractivity contribution < 1.29 is 32.3 Å². The van der Waals surface area contributed by atoms with Gasteiger partial charge in [0, 0.05) is 25.8 Å². The molecule has 3 aromatic rings. The van der Waals surface area contributed by atoms with Gasteiger partial charge in [0.25, 0.3) is 5.91 Å². The van der Waals surface area contributed by atoms with Gasteiger partial charge in [0.1, 0.15) is 11.5 Å². The van der Waals surface area contributed by atoms with Crippen LogP contribution in [-0.2, 0) is 19.5 Å². The number of benzene rings is 2. The summed E-state index contributed by atoms with van der Waals surface area (Å²) in [7, 11) is 0. The minimum atomic E-state index is -1.57. The molecule has 0 bridgehead atoms. The lowest BCUT2D eigenvalue weighted by molar-refractivity contribution is 0.102. The molecule has 2 N–H and O–H groups in total. The van der Waals surface area contributed by atoms with Crippen LogP contribution in [0.1, 0.15) is 27.2 Å². The monoisotopic (exact) mass is 448 g/mol. The molecule has 0 fully saturated rings. The Kier molecular flexibility index (Phi) is 5.56. The molecular weight excluding hydrogens is 432 g/mol. The second kappa shape index (κ2) is 8.33. The van der Waals surface area contributed by atoms with Crippen molar-refractivity contribution in [3.8, 4) is 0 Å². The van der Waals surface area contributed by atoms with E-state index in [-0.39, 0.29) is 36.6 Å². The molecule has 32 heavy (non-hydrogen) atoms. The Balaban J connectivity index is 1.47. The minimum absolute atomic E-state index is 0.0603. The van der Waals surface area contributed by atoms with Gasteiger partial charge in [-0.15, -0.1) is 0 Å². The molecule has 0 atom stereocenters. The number of carbonyl (C=O) groups excluding carboxylic acids is 1. The van der Waals surface area contributed by atoms with Crippen LogP contribution in [0.25, 0.3) is 0 Å². The molecule has 4 rings (SSSR count). The number of carboxylic acid groups (broad SMARTS) is 1. The summed E-state index contributed by atoms with van der Waals surface area (Å²) in [6.45, 7) is 0.253. The summed E-state index contributed by atoms with van der Waals surface area (Å²) in [6.07, 6.45) is 1.84. The maximum atomic E-state index is 14.5. The highest BCUT2D eigenvalue weighted by molar-refractivity contribution is 6.02. The van der Waals surface area contributed by atoms with E-state index in [1.165, 1.54) is 34.1 Å². The van der Waals surface area contributed by atoms with E-state index < -0.39 is 35.3 Å². The van der Waals surface area contributed by atoms with Gasteiger partial charge in [-0.2, -0.15) is 0 Å². The smallest absolute Gasteiger partial charge is 0.407 e. The third-order valence-corrected chi connectivity index (χ3v) is 5.09. The Morgan fingerprint density at radius 3 is 2.44 bits per heavy atom. The van der Waals surface area contributed by atoms with Gasteiger partial charge in [-0.05, 0) is 47.4 Å². The topological polar surface area (TPSA) is 87.5 Å². The van der Waals surface area contributed by atoms with Crippen LogP contribution in [0.2, 0.25) is 0 Å². The summed E-state index contributed by atoms with van der Waals surface area (Å²) in [5.74, 6) is -5.65. The van der Waals surface area contributed by atoms with E-state index in [4.69, 9.17) is 5.11 Å². The van der Waals surface area contributed by atoms with E-state index in [2.05, 4.69) is 10.3 Å². The standard InChI is InChI=1S/C21H16F4N4O3/c22-14-5-13-8-29(21(31)32)2-1-12(13)6-17(14)27-20(30)18-9-28(10-26-18)7-11-3-15(23)19(25)16(24)4-11/h3-6,9-10H,1-2,7-8H2,(H,27,30)(H,31,32). The summed E-state index contributed by atoms with van der Waals surface area (Å²) in [5, 5.41) is 11.5. The zero-order valence-corrected chi connectivity index (χ0v) is 16.4.